The summed E-state index contributed by atoms with van der Waals surface area (Å²) in [7, 11) is 2.16. The van der Waals surface area contributed by atoms with Gasteiger partial charge in [-0.2, -0.15) is 0 Å². The number of carbonyl (C=O) groups is 2. The van der Waals surface area contributed by atoms with Gasteiger partial charge in [0, 0.05) is 44.1 Å². The molecule has 6 heteroatoms. The highest BCUT2D eigenvalue weighted by Crippen LogP contribution is 2.27. The van der Waals surface area contributed by atoms with Crippen molar-refractivity contribution in [1.29, 1.82) is 0 Å². The maximum absolute atomic E-state index is 9.90. The van der Waals surface area contributed by atoms with Crippen molar-refractivity contribution in [3.63, 3.8) is 0 Å². The first-order valence-electron chi connectivity index (χ1n) is 9.84. The summed E-state index contributed by atoms with van der Waals surface area (Å²) < 4.78 is 0. The second-order valence-electron chi connectivity index (χ2n) is 7.20. The molecule has 1 aliphatic rings. The Kier molecular flexibility index (Phi) is 8.81. The number of hydrogen-bond acceptors (Lipinski definition) is 3. The molecule has 0 amide bonds. The van der Waals surface area contributed by atoms with E-state index in [0.717, 1.165) is 25.9 Å². The molecule has 2 N–H and O–H groups in total. The number of rotatable bonds is 6. The summed E-state index contributed by atoms with van der Waals surface area (Å²) in [6, 6.07) is 21.4. The largest absolute Gasteiger partial charge is 0.478 e. The minimum Gasteiger partial charge on any atom is -0.478 e. The molecule has 0 spiro atoms. The first kappa shape index (κ1) is 22.9. The third kappa shape index (κ3) is 7.54. The van der Waals surface area contributed by atoms with Gasteiger partial charge >= 0.3 is 11.9 Å². The van der Waals surface area contributed by atoms with Crippen LogP contribution in [0.1, 0.15) is 30.4 Å². The molecule has 30 heavy (non-hydrogen) atoms. The molecule has 2 aromatic rings. The lowest BCUT2D eigenvalue weighted by Crippen LogP contribution is -2.20. The zero-order chi connectivity index (χ0) is 21.9. The molecule has 6 nitrogen and oxygen atoms in total. The number of amidine groups is 1. The normalized spacial score (nSPS) is 17.4. The predicted octanol–water partition coefficient (Wildman–Crippen LogP) is 3.85. The minimum absolute atomic E-state index is 0.178. The monoisotopic (exact) mass is 408 g/mol. The molecule has 2 aromatic carbocycles. The van der Waals surface area contributed by atoms with Crippen molar-refractivity contribution in [3.8, 4) is 0 Å². The van der Waals surface area contributed by atoms with Crippen LogP contribution >= 0.6 is 0 Å². The first-order chi connectivity index (χ1) is 14.4. The molecule has 1 saturated heterocycles. The number of aliphatic carboxylic acids is 2. The van der Waals surface area contributed by atoms with E-state index in [2.05, 4.69) is 72.6 Å². The van der Waals surface area contributed by atoms with Crippen molar-refractivity contribution in [3.05, 3.63) is 83.4 Å². The minimum atomic E-state index is -1.24. The Morgan fingerprint density at radius 3 is 2.20 bits per heavy atom. The molecule has 1 atom stereocenters. The third-order valence-electron chi connectivity index (χ3n) is 4.85. The maximum Gasteiger partial charge on any atom is 0.331 e. The molecule has 1 heterocycles. The predicted molar refractivity (Wildman–Crippen MR) is 118 cm³/mol. The van der Waals surface area contributed by atoms with Gasteiger partial charge in [0.2, 0.25) is 0 Å². The summed E-state index contributed by atoms with van der Waals surface area (Å²) in [6.07, 6.45) is 2.73. The van der Waals surface area contributed by atoms with Gasteiger partial charge in [-0.1, -0.05) is 60.7 Å². The van der Waals surface area contributed by atoms with Crippen LogP contribution in [0.15, 0.2) is 77.3 Å². The standard InChI is InChI=1S/C19H22N2.C5H6O4/c1-21-15-18(17-10-6-3-7-11-17)14-19(21)20-13-12-16-8-4-2-5-9-16;1-3(5(8)9)2-4(6)7/h2-11,18H,12-15H2,1H3;2H,1H3,(H,6,7)(H,8,9)/b;3-2+. The SMILES string of the molecule is C/C(=C\C(=O)O)C(=O)O.CN1CC(c2ccccc2)CC1=NCCc1ccccc1. The number of aliphatic imine (C=N–C) groups is 1. The zero-order valence-corrected chi connectivity index (χ0v) is 17.4. The van der Waals surface area contributed by atoms with E-state index in [1.807, 2.05) is 0 Å². The van der Waals surface area contributed by atoms with Gasteiger partial charge in [0.25, 0.3) is 0 Å². The Morgan fingerprint density at radius 1 is 1.07 bits per heavy atom. The van der Waals surface area contributed by atoms with E-state index < -0.39 is 11.9 Å². The van der Waals surface area contributed by atoms with E-state index in [4.69, 9.17) is 15.2 Å². The van der Waals surface area contributed by atoms with Crippen molar-refractivity contribution in [2.75, 3.05) is 20.1 Å². The Balaban J connectivity index is 0.000000303. The molecule has 1 fully saturated rings. The van der Waals surface area contributed by atoms with Crippen LogP contribution in [0.5, 0.6) is 0 Å². The average molecular weight is 408 g/mol. The fourth-order valence-corrected chi connectivity index (χ4v) is 3.22. The van der Waals surface area contributed by atoms with Crippen LogP contribution in [0.4, 0.5) is 0 Å². The van der Waals surface area contributed by atoms with Gasteiger partial charge in [0.15, 0.2) is 0 Å². The summed E-state index contributed by atoms with van der Waals surface area (Å²) in [5, 5.41) is 16.1. The van der Waals surface area contributed by atoms with Crippen LogP contribution in [0.3, 0.4) is 0 Å². The fraction of sp³-hybridized carbons (Fsp3) is 0.292. The highest BCUT2D eigenvalue weighted by atomic mass is 16.4. The van der Waals surface area contributed by atoms with E-state index >= 15 is 0 Å². The molecule has 0 aliphatic carbocycles. The second kappa shape index (κ2) is 11.6. The lowest BCUT2D eigenvalue weighted by atomic mass is 9.98. The van der Waals surface area contributed by atoms with Gasteiger partial charge in [0.1, 0.15) is 0 Å². The third-order valence-corrected chi connectivity index (χ3v) is 4.85. The number of hydrogen-bond donors (Lipinski definition) is 2. The number of carboxylic acid groups (broad SMARTS) is 2. The van der Waals surface area contributed by atoms with E-state index in [1.54, 1.807) is 0 Å². The fourth-order valence-electron chi connectivity index (χ4n) is 3.22. The van der Waals surface area contributed by atoms with Crippen LogP contribution < -0.4 is 0 Å². The number of benzene rings is 2. The first-order valence-corrected chi connectivity index (χ1v) is 9.84. The molecule has 1 unspecified atom stereocenters. The quantitative estimate of drug-likeness (QED) is 0.709. The highest BCUT2D eigenvalue weighted by molar-refractivity contribution is 5.94. The van der Waals surface area contributed by atoms with Crippen molar-refractivity contribution >= 4 is 17.8 Å². The van der Waals surface area contributed by atoms with E-state index in [-0.39, 0.29) is 5.57 Å². The van der Waals surface area contributed by atoms with Gasteiger partial charge in [0.05, 0.1) is 5.84 Å². The lowest BCUT2D eigenvalue weighted by Gasteiger charge is -2.12. The summed E-state index contributed by atoms with van der Waals surface area (Å²) >= 11 is 0. The Hall–Kier alpha value is -3.41. The molecule has 0 aromatic heterocycles. The van der Waals surface area contributed by atoms with Crippen LogP contribution in [0.25, 0.3) is 0 Å². The van der Waals surface area contributed by atoms with Crippen LogP contribution in [-0.4, -0.2) is 53.0 Å². The van der Waals surface area contributed by atoms with Crippen molar-refractivity contribution in [2.45, 2.75) is 25.7 Å². The van der Waals surface area contributed by atoms with E-state index in [9.17, 15) is 9.59 Å². The molecular formula is C24H28N2O4. The molecule has 1 aliphatic heterocycles. The molecule has 0 bridgehead atoms. The number of likely N-dealkylation sites (N-methyl/N-ethyl adjacent to an activating group) is 1. The van der Waals surface area contributed by atoms with Gasteiger partial charge < -0.3 is 15.1 Å². The second-order valence-corrected chi connectivity index (χ2v) is 7.20. The Bertz CT molecular complexity index is 892. The summed E-state index contributed by atoms with van der Waals surface area (Å²) in [5.41, 5.74) is 2.61. The van der Waals surface area contributed by atoms with E-state index in [1.165, 1.54) is 23.9 Å². The molecule has 0 radical (unpaired) electrons. The van der Waals surface area contributed by atoms with Crippen molar-refractivity contribution < 1.29 is 19.8 Å². The Morgan fingerprint density at radius 2 is 1.67 bits per heavy atom. The molecule has 0 saturated carbocycles. The number of nitrogens with zero attached hydrogens (tertiary/aromatic N) is 2. The highest BCUT2D eigenvalue weighted by Gasteiger charge is 2.25. The van der Waals surface area contributed by atoms with E-state index in [0.29, 0.717) is 12.0 Å². The van der Waals surface area contributed by atoms with Gasteiger partial charge in [-0.05, 0) is 24.5 Å². The topological polar surface area (TPSA) is 90.2 Å². The van der Waals surface area contributed by atoms with Crippen LogP contribution in [0.2, 0.25) is 0 Å². The number of carboxylic acids is 2. The van der Waals surface area contributed by atoms with Crippen molar-refractivity contribution in [2.24, 2.45) is 4.99 Å². The summed E-state index contributed by atoms with van der Waals surface area (Å²) in [6.45, 7) is 3.18. The average Bonchev–Trinajstić information content (AvgIpc) is 3.10. The molecular weight excluding hydrogens is 380 g/mol. The zero-order valence-electron chi connectivity index (χ0n) is 17.4. The molecule has 3 rings (SSSR count). The molecule has 158 valence electrons. The van der Waals surface area contributed by atoms with Crippen LogP contribution in [-0.2, 0) is 16.0 Å². The summed E-state index contributed by atoms with van der Waals surface area (Å²) in [4.78, 5) is 26.8. The number of likely N-dealkylation sites (tertiary alicyclic amines) is 1. The van der Waals surface area contributed by atoms with Gasteiger partial charge in [-0.25, -0.2) is 9.59 Å². The van der Waals surface area contributed by atoms with Crippen molar-refractivity contribution in [1.82, 2.24) is 4.90 Å². The van der Waals surface area contributed by atoms with Crippen LogP contribution in [0, 0.1) is 0 Å². The summed E-state index contributed by atoms with van der Waals surface area (Å²) in [5.74, 6) is -0.612. The maximum atomic E-state index is 9.90. The van der Waals surface area contributed by atoms with Gasteiger partial charge in [-0.15, -0.1) is 0 Å². The smallest absolute Gasteiger partial charge is 0.331 e. The lowest BCUT2D eigenvalue weighted by molar-refractivity contribution is -0.135. The van der Waals surface area contributed by atoms with Gasteiger partial charge in [-0.3, -0.25) is 4.99 Å². The Labute approximate surface area is 177 Å².